The Morgan fingerprint density at radius 2 is 1.64 bits per heavy atom. The van der Waals surface area contributed by atoms with Crippen molar-refractivity contribution in [2.75, 3.05) is 7.11 Å². The zero-order valence-corrected chi connectivity index (χ0v) is 13.6. The molecule has 3 rings (SSSR count). The summed E-state index contributed by atoms with van der Waals surface area (Å²) in [5.41, 5.74) is 1.51. The zero-order valence-electron chi connectivity index (χ0n) is 13.6. The number of benzene rings is 2. The van der Waals surface area contributed by atoms with Crippen LogP contribution in [0.15, 0.2) is 48.5 Å². The van der Waals surface area contributed by atoms with Gasteiger partial charge < -0.3 is 15.2 Å². The van der Waals surface area contributed by atoms with Crippen molar-refractivity contribution in [3.8, 4) is 5.75 Å². The van der Waals surface area contributed by atoms with E-state index in [0.717, 1.165) is 5.56 Å². The Hall–Kier alpha value is -2.89. The van der Waals surface area contributed by atoms with E-state index in [9.17, 15) is 14.0 Å². The number of amides is 1. The van der Waals surface area contributed by atoms with Gasteiger partial charge in [-0.2, -0.15) is 0 Å². The van der Waals surface area contributed by atoms with Gasteiger partial charge in [-0.15, -0.1) is 0 Å². The van der Waals surface area contributed by atoms with Crippen molar-refractivity contribution in [3.05, 3.63) is 65.5 Å². The Morgan fingerprint density at radius 3 is 2.12 bits per heavy atom. The number of carbonyl (C=O) groups is 2. The zero-order chi connectivity index (χ0) is 18.0. The Bertz CT molecular complexity index is 773. The molecule has 6 heteroatoms. The first kappa shape index (κ1) is 17.0. The van der Waals surface area contributed by atoms with Crippen molar-refractivity contribution in [1.29, 1.82) is 0 Å². The van der Waals surface area contributed by atoms with Crippen molar-refractivity contribution in [3.63, 3.8) is 0 Å². The monoisotopic (exact) mass is 343 g/mol. The third-order valence-electron chi connectivity index (χ3n) is 4.38. The van der Waals surface area contributed by atoms with Gasteiger partial charge in [0.1, 0.15) is 11.6 Å². The number of halogens is 1. The minimum atomic E-state index is -0.956. The quantitative estimate of drug-likeness (QED) is 0.846. The lowest BCUT2D eigenvalue weighted by atomic mass is 9.98. The van der Waals surface area contributed by atoms with Gasteiger partial charge in [-0.3, -0.25) is 9.59 Å². The third-order valence-corrected chi connectivity index (χ3v) is 4.38. The average molecular weight is 343 g/mol. The number of hydrogen-bond donors (Lipinski definition) is 2. The van der Waals surface area contributed by atoms with Gasteiger partial charge in [0.05, 0.1) is 25.0 Å². The molecule has 2 aromatic rings. The van der Waals surface area contributed by atoms with Crippen molar-refractivity contribution < 1.29 is 23.8 Å². The molecule has 130 valence electrons. The first-order chi connectivity index (χ1) is 12.0. The summed E-state index contributed by atoms with van der Waals surface area (Å²) in [4.78, 5) is 23.4. The van der Waals surface area contributed by atoms with Gasteiger partial charge in [0, 0.05) is 0 Å². The molecule has 0 saturated heterocycles. The fourth-order valence-corrected chi connectivity index (χ4v) is 2.82. The molecular formula is C19H18FNO4. The van der Waals surface area contributed by atoms with Crippen molar-refractivity contribution in [1.82, 2.24) is 5.32 Å². The van der Waals surface area contributed by atoms with Crippen LogP contribution >= 0.6 is 0 Å². The van der Waals surface area contributed by atoms with E-state index in [1.54, 1.807) is 31.4 Å². The number of hydrogen-bond acceptors (Lipinski definition) is 3. The fourth-order valence-electron chi connectivity index (χ4n) is 2.82. The molecule has 5 nitrogen and oxygen atoms in total. The first-order valence-corrected chi connectivity index (χ1v) is 7.92. The van der Waals surface area contributed by atoms with Crippen LogP contribution in [0.2, 0.25) is 0 Å². The molecule has 3 atom stereocenters. The van der Waals surface area contributed by atoms with Gasteiger partial charge in [0.25, 0.3) is 0 Å². The summed E-state index contributed by atoms with van der Waals surface area (Å²) in [6.07, 6.45) is 0.347. The lowest BCUT2D eigenvalue weighted by Crippen LogP contribution is -2.31. The standard InChI is InChI=1S/C19H18FNO4/c1-25-14-8-4-12(5-9-14)17(11-2-6-13(20)7-3-11)21-18(22)15-10-16(15)19(23)24/h2-9,15-17H,10H2,1H3,(H,21,22)(H,23,24)/t15-,16+,17+/m0/s1. The van der Waals surface area contributed by atoms with E-state index in [1.165, 1.54) is 12.1 Å². The number of carbonyl (C=O) groups excluding carboxylic acids is 1. The molecule has 0 radical (unpaired) electrons. The highest BCUT2D eigenvalue weighted by molar-refractivity contribution is 5.89. The summed E-state index contributed by atoms with van der Waals surface area (Å²) in [6, 6.07) is 12.5. The van der Waals surface area contributed by atoms with Crippen molar-refractivity contribution >= 4 is 11.9 Å². The van der Waals surface area contributed by atoms with Crippen LogP contribution in [0.5, 0.6) is 5.75 Å². The van der Waals surface area contributed by atoms with E-state index in [-0.39, 0.29) is 11.7 Å². The number of rotatable bonds is 6. The predicted octanol–water partition coefficient (Wildman–Crippen LogP) is 2.76. The van der Waals surface area contributed by atoms with Crippen molar-refractivity contribution in [2.45, 2.75) is 12.5 Å². The lowest BCUT2D eigenvalue weighted by Gasteiger charge is -2.20. The molecule has 2 N–H and O–H groups in total. The summed E-state index contributed by atoms with van der Waals surface area (Å²) in [6.45, 7) is 0. The topological polar surface area (TPSA) is 75.6 Å². The van der Waals surface area contributed by atoms with E-state index in [2.05, 4.69) is 5.32 Å². The van der Waals surface area contributed by atoms with Crippen LogP contribution in [0.25, 0.3) is 0 Å². The molecule has 1 saturated carbocycles. The van der Waals surface area contributed by atoms with E-state index >= 15 is 0 Å². The highest BCUT2D eigenvalue weighted by Gasteiger charge is 2.48. The van der Waals surface area contributed by atoms with E-state index in [4.69, 9.17) is 9.84 Å². The second kappa shape index (κ2) is 6.93. The van der Waals surface area contributed by atoms with Gasteiger partial charge in [0.15, 0.2) is 0 Å². The smallest absolute Gasteiger partial charge is 0.307 e. The van der Waals surface area contributed by atoms with Gasteiger partial charge in [-0.1, -0.05) is 24.3 Å². The summed E-state index contributed by atoms with van der Waals surface area (Å²) in [5.74, 6) is -2.08. The molecule has 0 aliphatic heterocycles. The lowest BCUT2D eigenvalue weighted by molar-refractivity contribution is -0.140. The normalized spacial score (nSPS) is 19.8. The maximum atomic E-state index is 13.2. The van der Waals surface area contributed by atoms with Crippen LogP contribution in [-0.2, 0) is 9.59 Å². The highest BCUT2D eigenvalue weighted by atomic mass is 19.1. The molecule has 25 heavy (non-hydrogen) atoms. The molecular weight excluding hydrogens is 325 g/mol. The maximum absolute atomic E-state index is 13.2. The number of ether oxygens (including phenoxy) is 1. The Kier molecular flexibility index (Phi) is 4.70. The number of nitrogens with one attached hydrogen (secondary N) is 1. The first-order valence-electron chi connectivity index (χ1n) is 7.92. The van der Waals surface area contributed by atoms with Crippen LogP contribution in [0.3, 0.4) is 0 Å². The summed E-state index contributed by atoms with van der Waals surface area (Å²) in [5, 5.41) is 11.9. The second-order valence-corrected chi connectivity index (χ2v) is 6.05. The molecule has 0 aromatic heterocycles. The molecule has 1 amide bonds. The fraction of sp³-hybridized carbons (Fsp3) is 0.263. The van der Waals surface area contributed by atoms with Crippen LogP contribution in [0, 0.1) is 17.7 Å². The van der Waals surface area contributed by atoms with Crippen LogP contribution in [0.1, 0.15) is 23.6 Å². The molecule has 0 unspecified atom stereocenters. The Balaban J connectivity index is 1.85. The molecule has 2 aromatic carbocycles. The molecule has 0 bridgehead atoms. The number of methoxy groups -OCH3 is 1. The second-order valence-electron chi connectivity index (χ2n) is 6.05. The van der Waals surface area contributed by atoms with E-state index in [0.29, 0.717) is 17.7 Å². The molecule has 1 aliphatic carbocycles. The van der Waals surface area contributed by atoms with Gasteiger partial charge >= 0.3 is 5.97 Å². The molecule has 1 aliphatic rings. The number of aliphatic carboxylic acids is 1. The van der Waals surface area contributed by atoms with E-state index in [1.807, 2.05) is 12.1 Å². The van der Waals surface area contributed by atoms with E-state index < -0.39 is 23.8 Å². The van der Waals surface area contributed by atoms with Crippen molar-refractivity contribution in [2.24, 2.45) is 11.8 Å². The van der Waals surface area contributed by atoms with Crippen LogP contribution < -0.4 is 10.1 Å². The SMILES string of the molecule is COc1ccc([C@H](NC(=O)[C@H]2C[C@H]2C(=O)O)c2ccc(F)cc2)cc1. The summed E-state index contributed by atoms with van der Waals surface area (Å²) < 4.78 is 18.4. The van der Waals surface area contributed by atoms with Gasteiger partial charge in [-0.05, 0) is 41.8 Å². The third kappa shape index (κ3) is 3.79. The maximum Gasteiger partial charge on any atom is 0.307 e. The Morgan fingerprint density at radius 1 is 1.08 bits per heavy atom. The van der Waals surface area contributed by atoms with Crippen LogP contribution in [-0.4, -0.2) is 24.1 Å². The minimum Gasteiger partial charge on any atom is -0.497 e. The summed E-state index contributed by atoms with van der Waals surface area (Å²) in [7, 11) is 1.56. The Labute approximate surface area is 144 Å². The predicted molar refractivity (Wildman–Crippen MR) is 88.6 cm³/mol. The van der Waals surface area contributed by atoms with Gasteiger partial charge in [0.2, 0.25) is 5.91 Å². The minimum absolute atomic E-state index is 0.308. The summed E-state index contributed by atoms with van der Waals surface area (Å²) >= 11 is 0. The molecule has 1 fully saturated rings. The molecule has 0 spiro atoms. The average Bonchev–Trinajstić information content (AvgIpc) is 3.42. The highest BCUT2D eigenvalue weighted by Crippen LogP contribution is 2.39. The molecule has 0 heterocycles. The number of carboxylic acid groups (broad SMARTS) is 1. The number of carboxylic acids is 1. The van der Waals surface area contributed by atoms with Gasteiger partial charge in [-0.25, -0.2) is 4.39 Å². The largest absolute Gasteiger partial charge is 0.497 e. The van der Waals surface area contributed by atoms with Crippen LogP contribution in [0.4, 0.5) is 4.39 Å².